The zero-order valence-electron chi connectivity index (χ0n) is 17.8. The summed E-state index contributed by atoms with van der Waals surface area (Å²) < 4.78 is 19.5. The number of halogens is 1. The van der Waals surface area contributed by atoms with Crippen LogP contribution in [0.15, 0.2) is 71.7 Å². The van der Waals surface area contributed by atoms with Crippen LogP contribution >= 0.6 is 0 Å². The van der Waals surface area contributed by atoms with Gasteiger partial charge in [0, 0.05) is 23.7 Å². The lowest BCUT2D eigenvalue weighted by Gasteiger charge is -2.31. The highest BCUT2D eigenvalue weighted by Crippen LogP contribution is 2.38. The topological polar surface area (TPSA) is 53.8 Å². The number of hydrogen-bond donors (Lipinski definition) is 2. The summed E-state index contributed by atoms with van der Waals surface area (Å²) in [7, 11) is 0. The van der Waals surface area contributed by atoms with E-state index in [1.54, 1.807) is 12.1 Å². The van der Waals surface area contributed by atoms with Gasteiger partial charge in [-0.1, -0.05) is 55.5 Å². The Morgan fingerprint density at radius 2 is 1.84 bits per heavy atom. The van der Waals surface area contributed by atoms with E-state index in [1.165, 1.54) is 17.7 Å². The van der Waals surface area contributed by atoms with Gasteiger partial charge in [0.05, 0.1) is 6.61 Å². The molecule has 2 unspecified atom stereocenters. The van der Waals surface area contributed by atoms with Crippen LogP contribution in [-0.4, -0.2) is 17.4 Å². The van der Waals surface area contributed by atoms with Gasteiger partial charge in [0.2, 0.25) is 0 Å². The van der Waals surface area contributed by atoms with Crippen LogP contribution in [0.5, 0.6) is 11.5 Å². The summed E-state index contributed by atoms with van der Waals surface area (Å²) in [5.74, 6) is 0.287. The monoisotopic (exact) mass is 418 g/mol. The van der Waals surface area contributed by atoms with Crippen LogP contribution in [0.2, 0.25) is 0 Å². The normalized spacial score (nSPS) is 18.5. The maximum Gasteiger partial charge on any atom is 0.162 e. The molecule has 1 aliphatic rings. The summed E-state index contributed by atoms with van der Waals surface area (Å²) in [5, 5.41) is 14.3. The quantitative estimate of drug-likeness (QED) is 0.539. The molecule has 0 radical (unpaired) electrons. The number of rotatable bonds is 6. The Balaban J connectivity index is 1.74. The van der Waals surface area contributed by atoms with Gasteiger partial charge in [-0.25, -0.2) is 4.39 Å². The van der Waals surface area contributed by atoms with Crippen molar-refractivity contribution in [1.29, 1.82) is 0 Å². The lowest BCUT2D eigenvalue weighted by atomic mass is 9.93. The zero-order valence-corrected chi connectivity index (χ0v) is 17.8. The number of para-hydroxylation sites is 1. The van der Waals surface area contributed by atoms with E-state index in [0.717, 1.165) is 28.8 Å². The molecule has 0 bridgehead atoms. The van der Waals surface area contributed by atoms with Crippen LogP contribution in [-0.2, 0) is 6.42 Å². The maximum atomic E-state index is 13.9. The second-order valence-corrected chi connectivity index (χ2v) is 7.63. The zero-order chi connectivity index (χ0) is 21.8. The number of ether oxygens (including phenoxy) is 1. The van der Waals surface area contributed by atoms with Crippen molar-refractivity contribution in [2.24, 2.45) is 4.99 Å². The fourth-order valence-corrected chi connectivity index (χ4v) is 3.95. The number of hydrogen-bond acceptors (Lipinski definition) is 4. The first-order valence-corrected chi connectivity index (χ1v) is 10.7. The molecule has 4 rings (SSSR count). The SMILES string of the molecule is CCOc1cccc(C2CC(c3ccc(CC)cc3)=NC(c3cccc(F)c3)N2)c1O. The van der Waals surface area contributed by atoms with E-state index >= 15 is 0 Å². The van der Waals surface area contributed by atoms with Gasteiger partial charge in [-0.3, -0.25) is 10.3 Å². The average molecular weight is 419 g/mol. The molecule has 1 aliphatic heterocycles. The Bertz CT molecular complexity index is 1080. The summed E-state index contributed by atoms with van der Waals surface area (Å²) in [6, 6.07) is 20.2. The number of nitrogens with one attached hydrogen (secondary N) is 1. The molecule has 0 spiro atoms. The van der Waals surface area contributed by atoms with E-state index in [2.05, 4.69) is 36.5 Å². The van der Waals surface area contributed by atoms with Crippen molar-refractivity contribution in [3.63, 3.8) is 0 Å². The molecule has 0 saturated carbocycles. The first-order chi connectivity index (χ1) is 15.1. The fraction of sp³-hybridized carbons (Fsp3) is 0.269. The molecule has 3 aromatic carbocycles. The van der Waals surface area contributed by atoms with E-state index < -0.39 is 6.17 Å². The van der Waals surface area contributed by atoms with Gasteiger partial charge in [-0.2, -0.15) is 0 Å². The smallest absolute Gasteiger partial charge is 0.162 e. The van der Waals surface area contributed by atoms with E-state index in [4.69, 9.17) is 9.73 Å². The summed E-state index contributed by atoms with van der Waals surface area (Å²) in [5.41, 5.74) is 4.70. The van der Waals surface area contributed by atoms with Crippen molar-refractivity contribution in [2.45, 2.75) is 38.9 Å². The number of benzene rings is 3. The van der Waals surface area contributed by atoms with Crippen molar-refractivity contribution in [1.82, 2.24) is 5.32 Å². The van der Waals surface area contributed by atoms with Crippen molar-refractivity contribution in [3.05, 3.63) is 94.8 Å². The molecule has 0 amide bonds. The summed E-state index contributed by atoms with van der Waals surface area (Å²) in [4.78, 5) is 4.91. The first-order valence-electron chi connectivity index (χ1n) is 10.7. The van der Waals surface area contributed by atoms with Gasteiger partial charge in [0.15, 0.2) is 11.5 Å². The number of nitrogens with zero attached hydrogens (tertiary/aromatic N) is 1. The van der Waals surface area contributed by atoms with Crippen LogP contribution in [0.25, 0.3) is 0 Å². The predicted octanol–water partition coefficient (Wildman–Crippen LogP) is 5.71. The second kappa shape index (κ2) is 9.31. The van der Waals surface area contributed by atoms with Crippen molar-refractivity contribution in [3.8, 4) is 11.5 Å². The minimum Gasteiger partial charge on any atom is -0.504 e. The molecule has 5 heteroatoms. The Labute approximate surface area is 182 Å². The molecule has 0 aliphatic carbocycles. The van der Waals surface area contributed by atoms with Crippen LogP contribution in [0, 0.1) is 5.82 Å². The molecule has 4 nitrogen and oxygen atoms in total. The Hall–Kier alpha value is -3.18. The van der Waals surface area contributed by atoms with E-state index in [1.807, 2.05) is 25.1 Å². The molecule has 31 heavy (non-hydrogen) atoms. The average Bonchev–Trinajstić information content (AvgIpc) is 2.80. The van der Waals surface area contributed by atoms with Crippen molar-refractivity contribution < 1.29 is 14.2 Å². The molecule has 160 valence electrons. The lowest BCUT2D eigenvalue weighted by molar-refractivity contribution is 0.313. The lowest BCUT2D eigenvalue weighted by Crippen LogP contribution is -2.33. The van der Waals surface area contributed by atoms with E-state index in [-0.39, 0.29) is 17.6 Å². The molecule has 0 fully saturated rings. The first kappa shape index (κ1) is 21.1. The highest BCUT2D eigenvalue weighted by Gasteiger charge is 2.28. The van der Waals surface area contributed by atoms with Gasteiger partial charge in [0.25, 0.3) is 0 Å². The summed E-state index contributed by atoms with van der Waals surface area (Å²) in [6.45, 7) is 4.48. The Kier molecular flexibility index (Phi) is 6.33. The third-order valence-corrected chi connectivity index (χ3v) is 5.61. The van der Waals surface area contributed by atoms with Crippen LogP contribution in [0.1, 0.15) is 54.7 Å². The molecule has 0 saturated heterocycles. The number of aryl methyl sites for hydroxylation is 1. The number of phenolic OH excluding ortho intramolecular Hbond substituents is 1. The van der Waals surface area contributed by atoms with Crippen molar-refractivity contribution in [2.75, 3.05) is 6.61 Å². The molecular weight excluding hydrogens is 391 g/mol. The van der Waals surface area contributed by atoms with Crippen LogP contribution < -0.4 is 10.1 Å². The van der Waals surface area contributed by atoms with Gasteiger partial charge in [-0.05, 0) is 48.2 Å². The number of phenols is 1. The van der Waals surface area contributed by atoms with Gasteiger partial charge in [-0.15, -0.1) is 0 Å². The largest absolute Gasteiger partial charge is 0.504 e. The van der Waals surface area contributed by atoms with Gasteiger partial charge in [0.1, 0.15) is 12.0 Å². The van der Waals surface area contributed by atoms with Crippen LogP contribution in [0.4, 0.5) is 4.39 Å². The molecule has 2 N–H and O–H groups in total. The number of aromatic hydroxyl groups is 1. The maximum absolute atomic E-state index is 13.9. The molecule has 0 aromatic heterocycles. The third kappa shape index (κ3) is 4.62. The molecule has 1 heterocycles. The molecule has 2 atom stereocenters. The van der Waals surface area contributed by atoms with Gasteiger partial charge < -0.3 is 9.84 Å². The predicted molar refractivity (Wildman–Crippen MR) is 121 cm³/mol. The Morgan fingerprint density at radius 1 is 1.06 bits per heavy atom. The summed E-state index contributed by atoms with van der Waals surface area (Å²) >= 11 is 0. The summed E-state index contributed by atoms with van der Waals surface area (Å²) in [6.07, 6.45) is 1.15. The fourth-order valence-electron chi connectivity index (χ4n) is 3.95. The van der Waals surface area contributed by atoms with E-state index in [9.17, 15) is 9.50 Å². The minimum atomic E-state index is -0.426. The Morgan fingerprint density at radius 3 is 2.55 bits per heavy atom. The number of aliphatic imine (C=N–C) groups is 1. The highest BCUT2D eigenvalue weighted by molar-refractivity contribution is 6.01. The second-order valence-electron chi connectivity index (χ2n) is 7.63. The van der Waals surface area contributed by atoms with Crippen molar-refractivity contribution >= 4 is 5.71 Å². The molecular formula is C26H27FN2O2. The van der Waals surface area contributed by atoms with Gasteiger partial charge >= 0.3 is 0 Å². The van der Waals surface area contributed by atoms with Crippen LogP contribution in [0.3, 0.4) is 0 Å². The highest BCUT2D eigenvalue weighted by atomic mass is 19.1. The third-order valence-electron chi connectivity index (χ3n) is 5.61. The minimum absolute atomic E-state index is 0.127. The standard InChI is InChI=1S/C26H27FN2O2/c1-3-17-11-13-18(14-12-17)22-16-23(21-9-6-10-24(25(21)30)31-4-2)29-26(28-22)19-7-5-8-20(27)15-19/h5-15,23,26,29-30H,3-4,16H2,1-2H3. The van der Waals surface area contributed by atoms with E-state index in [0.29, 0.717) is 18.8 Å². The molecule has 3 aromatic rings.